The number of halogens is 2. The molecule has 1 aliphatic rings. The van der Waals surface area contributed by atoms with Crippen molar-refractivity contribution in [2.45, 2.75) is 13.9 Å². The molecule has 0 bridgehead atoms. The predicted molar refractivity (Wildman–Crippen MR) is 101 cm³/mol. The van der Waals surface area contributed by atoms with E-state index < -0.39 is 4.08 Å². The Labute approximate surface area is 152 Å². The summed E-state index contributed by atoms with van der Waals surface area (Å²) in [5.41, 5.74) is 0. The minimum Gasteiger partial charge on any atom is -0.183 e. The lowest BCUT2D eigenvalue weighted by Gasteiger charge is -2.31. The molecule has 0 amide bonds. The Morgan fingerprint density at radius 2 is 1.14 bits per heavy atom. The molecule has 0 saturated heterocycles. The monoisotopic (exact) mass is 384 g/mol. The zero-order valence-electron chi connectivity index (χ0n) is 11.1. The van der Waals surface area contributed by atoms with Crippen LogP contribution in [-0.2, 0) is 0 Å². The topological polar surface area (TPSA) is 24.7 Å². The van der Waals surface area contributed by atoms with Crippen LogP contribution < -0.4 is 0 Å². The van der Waals surface area contributed by atoms with Gasteiger partial charge in [-0.3, -0.25) is 0 Å². The van der Waals surface area contributed by atoms with Crippen LogP contribution in [0.25, 0.3) is 0 Å². The van der Waals surface area contributed by atoms with Crippen molar-refractivity contribution in [3.05, 3.63) is 60.7 Å². The molecule has 0 radical (unpaired) electrons. The van der Waals surface area contributed by atoms with Gasteiger partial charge in [0.2, 0.25) is 0 Å². The van der Waals surface area contributed by atoms with E-state index in [9.17, 15) is 0 Å². The third kappa shape index (κ3) is 3.49. The molecule has 1 aliphatic heterocycles. The zero-order chi connectivity index (χ0) is 15.4. The second-order valence-corrected chi connectivity index (χ2v) is 8.37. The molecule has 3 rings (SSSR count). The van der Waals surface area contributed by atoms with Gasteiger partial charge in [-0.1, -0.05) is 83.1 Å². The van der Waals surface area contributed by atoms with Crippen molar-refractivity contribution in [2.75, 3.05) is 0 Å². The lowest BCUT2D eigenvalue weighted by molar-refractivity contribution is 1.39. The first kappa shape index (κ1) is 16.3. The van der Waals surface area contributed by atoms with Crippen LogP contribution in [0.5, 0.6) is 0 Å². The summed E-state index contributed by atoms with van der Waals surface area (Å²) in [7, 11) is 0. The highest BCUT2D eigenvalue weighted by Crippen LogP contribution is 2.51. The first-order valence-electron chi connectivity index (χ1n) is 6.33. The maximum Gasteiger partial charge on any atom is 0.177 e. The highest BCUT2D eigenvalue weighted by Gasteiger charge is 2.45. The minimum absolute atomic E-state index is 0.431. The van der Waals surface area contributed by atoms with Crippen LogP contribution in [0.3, 0.4) is 0 Å². The fourth-order valence-electron chi connectivity index (χ4n) is 1.80. The quantitative estimate of drug-likeness (QED) is 0.468. The van der Waals surface area contributed by atoms with Gasteiger partial charge in [-0.05, 0) is 24.3 Å². The van der Waals surface area contributed by atoms with Crippen LogP contribution in [-0.4, -0.2) is 14.4 Å². The van der Waals surface area contributed by atoms with E-state index in [1.165, 1.54) is 0 Å². The average molecular weight is 385 g/mol. The predicted octanol–water partition coefficient (Wildman–Crippen LogP) is 6.12. The van der Waals surface area contributed by atoms with Gasteiger partial charge in [-0.25, -0.2) is 0 Å². The van der Waals surface area contributed by atoms with E-state index in [0.29, 0.717) is 10.3 Å². The number of thioether (sulfide) groups is 2. The molecule has 0 unspecified atom stereocenters. The fourth-order valence-corrected chi connectivity index (χ4v) is 5.87. The molecule has 2 aromatic rings. The Hall–Kier alpha value is -0.590. The molecule has 0 spiro atoms. The highest BCUT2D eigenvalue weighted by molar-refractivity contribution is 8.21. The molecule has 0 saturated carbocycles. The van der Waals surface area contributed by atoms with Crippen LogP contribution >= 0.6 is 58.9 Å². The van der Waals surface area contributed by atoms with Crippen LogP contribution in [0.2, 0.25) is 0 Å². The largest absolute Gasteiger partial charge is 0.183 e. The van der Waals surface area contributed by atoms with Gasteiger partial charge in [-0.15, -0.1) is 0 Å². The fraction of sp³-hybridized carbons (Fsp3) is 0.0667. The average Bonchev–Trinajstić information content (AvgIpc) is 2.54. The lowest BCUT2D eigenvalue weighted by atomic mass is 10.4. The van der Waals surface area contributed by atoms with Gasteiger partial charge in [0.25, 0.3) is 0 Å². The van der Waals surface area contributed by atoms with Crippen molar-refractivity contribution in [1.29, 1.82) is 0 Å². The summed E-state index contributed by atoms with van der Waals surface area (Å²) in [6.45, 7) is 0. The molecule has 0 aromatic heterocycles. The summed E-state index contributed by atoms with van der Waals surface area (Å²) >= 11 is 17.0. The number of benzene rings is 2. The zero-order valence-corrected chi connectivity index (χ0v) is 15.1. The van der Waals surface area contributed by atoms with Gasteiger partial charge in [-0.2, -0.15) is 8.80 Å². The summed E-state index contributed by atoms with van der Waals surface area (Å²) in [4.78, 5) is 2.11. The summed E-state index contributed by atoms with van der Waals surface area (Å²) in [5.74, 6) is 0. The van der Waals surface area contributed by atoms with E-state index in [0.717, 1.165) is 21.9 Å². The standard InChI is InChI=1S/C15H10Cl2N2S3/c16-13-15(14(17)19-22-18-13,20-11-7-3-1-4-8-11)21-12-9-5-2-6-10-12/h1-10H. The van der Waals surface area contributed by atoms with Gasteiger partial charge < -0.3 is 0 Å². The molecule has 0 aliphatic carbocycles. The highest BCUT2D eigenvalue weighted by atomic mass is 35.5. The Kier molecular flexibility index (Phi) is 5.42. The van der Waals surface area contributed by atoms with Crippen molar-refractivity contribution in [2.24, 2.45) is 8.80 Å². The molecule has 0 N–H and O–H groups in total. The number of hydrogen-bond acceptors (Lipinski definition) is 5. The maximum atomic E-state index is 6.46. The smallest absolute Gasteiger partial charge is 0.177 e. The summed E-state index contributed by atoms with van der Waals surface area (Å²) in [5, 5.41) is 0.861. The molecule has 2 nitrogen and oxygen atoms in total. The van der Waals surface area contributed by atoms with E-state index in [1.807, 2.05) is 60.7 Å². The van der Waals surface area contributed by atoms with Crippen LogP contribution in [0.15, 0.2) is 79.3 Å². The third-order valence-corrected chi connectivity index (χ3v) is 7.57. The first-order valence-corrected chi connectivity index (χ1v) is 9.45. The van der Waals surface area contributed by atoms with Crippen molar-refractivity contribution < 1.29 is 0 Å². The summed E-state index contributed by atoms with van der Waals surface area (Å²) < 4.78 is 7.67. The van der Waals surface area contributed by atoms with Crippen LogP contribution in [0, 0.1) is 0 Å². The van der Waals surface area contributed by atoms with Gasteiger partial charge in [0.15, 0.2) is 14.4 Å². The van der Waals surface area contributed by atoms with E-state index in [1.54, 1.807) is 23.5 Å². The van der Waals surface area contributed by atoms with Crippen molar-refractivity contribution in [3.8, 4) is 0 Å². The van der Waals surface area contributed by atoms with Gasteiger partial charge >= 0.3 is 0 Å². The maximum absolute atomic E-state index is 6.46. The number of hydrogen-bond donors (Lipinski definition) is 0. The van der Waals surface area contributed by atoms with E-state index in [2.05, 4.69) is 8.80 Å². The molecule has 1 heterocycles. The van der Waals surface area contributed by atoms with Gasteiger partial charge in [0.1, 0.15) is 12.1 Å². The summed E-state index contributed by atoms with van der Waals surface area (Å²) in [6.07, 6.45) is 0. The first-order chi connectivity index (χ1) is 10.7. The number of rotatable bonds is 4. The molecule has 0 fully saturated rings. The van der Waals surface area contributed by atoms with Crippen molar-refractivity contribution >= 4 is 69.2 Å². The second kappa shape index (κ2) is 7.32. The second-order valence-electron chi connectivity index (χ2n) is 4.29. The lowest BCUT2D eigenvalue weighted by Crippen LogP contribution is -2.36. The normalized spacial score (nSPS) is 16.8. The molecule has 22 heavy (non-hydrogen) atoms. The van der Waals surface area contributed by atoms with E-state index in [-0.39, 0.29) is 0 Å². The third-order valence-electron chi connectivity index (χ3n) is 2.79. The molecule has 2 aromatic carbocycles. The molecule has 7 heteroatoms. The Morgan fingerprint density at radius 3 is 1.55 bits per heavy atom. The molecule has 0 atom stereocenters. The number of nitrogens with zero attached hydrogens (tertiary/aromatic N) is 2. The van der Waals surface area contributed by atoms with Gasteiger partial charge in [0.05, 0.1) is 0 Å². The Balaban J connectivity index is 2.00. The Bertz CT molecular complexity index is 644. The molecular formula is C15H10Cl2N2S3. The minimum atomic E-state index is -0.753. The van der Waals surface area contributed by atoms with Crippen LogP contribution in [0.4, 0.5) is 0 Å². The Morgan fingerprint density at radius 1 is 0.727 bits per heavy atom. The molecule has 112 valence electrons. The van der Waals surface area contributed by atoms with Gasteiger partial charge in [0, 0.05) is 9.79 Å². The van der Waals surface area contributed by atoms with E-state index >= 15 is 0 Å². The van der Waals surface area contributed by atoms with Crippen molar-refractivity contribution in [3.63, 3.8) is 0 Å². The van der Waals surface area contributed by atoms with E-state index in [4.69, 9.17) is 23.2 Å². The van der Waals surface area contributed by atoms with Crippen molar-refractivity contribution in [1.82, 2.24) is 0 Å². The van der Waals surface area contributed by atoms with Crippen LogP contribution in [0.1, 0.15) is 0 Å². The summed E-state index contributed by atoms with van der Waals surface area (Å²) in [6, 6.07) is 20.0. The SMILES string of the molecule is ClC1=NSN=C(Cl)C1(Sc1ccccc1)Sc1ccccc1. The molecular weight excluding hydrogens is 375 g/mol.